The van der Waals surface area contributed by atoms with E-state index >= 15 is 0 Å². The molecule has 0 spiro atoms. The van der Waals surface area contributed by atoms with E-state index in [1.54, 1.807) is 24.3 Å². The molecule has 0 radical (unpaired) electrons. The average Bonchev–Trinajstić information content (AvgIpc) is 2.55. The fraction of sp³-hybridized carbons (Fsp3) is 0.294. The van der Waals surface area contributed by atoms with E-state index in [9.17, 15) is 19.7 Å². The van der Waals surface area contributed by atoms with Crippen molar-refractivity contribution in [2.45, 2.75) is 26.8 Å². The second kappa shape index (κ2) is 7.54. The van der Waals surface area contributed by atoms with Gasteiger partial charge in [0.15, 0.2) is 0 Å². The Bertz CT molecular complexity index is 809. The lowest BCUT2D eigenvalue weighted by Gasteiger charge is -2.08. The van der Waals surface area contributed by atoms with Gasteiger partial charge in [-0.3, -0.25) is 14.9 Å². The molecule has 2 aromatic rings. The summed E-state index contributed by atoms with van der Waals surface area (Å²) in [6.07, 6.45) is 1.99. The molecular formula is C17H18N2O5. The zero-order valence-electron chi connectivity index (χ0n) is 13.5. The molecule has 126 valence electrons. The summed E-state index contributed by atoms with van der Waals surface area (Å²) in [6.45, 7) is 3.99. The second-order valence-electron chi connectivity index (χ2n) is 5.40. The zero-order chi connectivity index (χ0) is 17.7. The minimum Gasteiger partial charge on any atom is -0.462 e. The first-order valence-corrected chi connectivity index (χ1v) is 7.54. The highest BCUT2D eigenvalue weighted by Gasteiger charge is 2.13. The molecule has 0 saturated heterocycles. The third-order valence-electron chi connectivity index (χ3n) is 3.48. The Hall–Kier alpha value is -2.96. The van der Waals surface area contributed by atoms with Crippen molar-refractivity contribution >= 4 is 11.7 Å². The molecule has 7 nitrogen and oxygen atoms in total. The van der Waals surface area contributed by atoms with Crippen molar-refractivity contribution in [1.82, 2.24) is 4.57 Å². The number of carbonyl (C=O) groups excluding carboxylic acids is 1. The van der Waals surface area contributed by atoms with Gasteiger partial charge in [0, 0.05) is 11.6 Å². The van der Waals surface area contributed by atoms with Crippen LogP contribution in [0.4, 0.5) is 5.69 Å². The Kier molecular flexibility index (Phi) is 5.47. The number of rotatable bonds is 6. The van der Waals surface area contributed by atoms with E-state index in [0.29, 0.717) is 17.7 Å². The lowest BCUT2D eigenvalue weighted by atomic mass is 10.1. The van der Waals surface area contributed by atoms with Gasteiger partial charge >= 0.3 is 5.97 Å². The molecular weight excluding hydrogens is 312 g/mol. The van der Waals surface area contributed by atoms with E-state index in [0.717, 1.165) is 12.0 Å². The molecule has 7 heteroatoms. The number of hydrogen-bond acceptors (Lipinski definition) is 5. The maximum Gasteiger partial charge on any atom is 0.338 e. The van der Waals surface area contributed by atoms with Crippen LogP contribution in [0.25, 0.3) is 0 Å². The predicted molar refractivity (Wildman–Crippen MR) is 88.2 cm³/mol. The van der Waals surface area contributed by atoms with Gasteiger partial charge in [0.1, 0.15) is 0 Å². The number of aromatic nitrogens is 1. The van der Waals surface area contributed by atoms with Crippen molar-refractivity contribution in [1.29, 1.82) is 0 Å². The van der Waals surface area contributed by atoms with Gasteiger partial charge in [-0.05, 0) is 31.0 Å². The number of benzene rings is 1. The first-order valence-electron chi connectivity index (χ1n) is 7.54. The minimum atomic E-state index is -0.516. The predicted octanol–water partition coefficient (Wildman–Crippen LogP) is 2.68. The Labute approximate surface area is 138 Å². The summed E-state index contributed by atoms with van der Waals surface area (Å²) < 4.78 is 6.31. The van der Waals surface area contributed by atoms with E-state index < -0.39 is 10.9 Å². The van der Waals surface area contributed by atoms with Gasteiger partial charge in [-0.15, -0.1) is 0 Å². The molecule has 1 aromatic heterocycles. The Balaban J connectivity index is 2.20. The van der Waals surface area contributed by atoms with Crippen molar-refractivity contribution in [3.63, 3.8) is 0 Å². The summed E-state index contributed by atoms with van der Waals surface area (Å²) in [5.41, 5.74) is 1.09. The number of esters is 1. The molecule has 0 N–H and O–H groups in total. The molecule has 1 heterocycles. The fourth-order valence-electron chi connectivity index (χ4n) is 2.19. The Morgan fingerprint density at radius 1 is 1.29 bits per heavy atom. The smallest absolute Gasteiger partial charge is 0.338 e. The number of pyridine rings is 1. The number of carbonyl (C=O) groups is 1. The Morgan fingerprint density at radius 2 is 1.96 bits per heavy atom. The highest BCUT2D eigenvalue weighted by Crippen LogP contribution is 2.15. The molecule has 0 unspecified atom stereocenters. The summed E-state index contributed by atoms with van der Waals surface area (Å²) >= 11 is 0. The van der Waals surface area contributed by atoms with Gasteiger partial charge in [-0.2, -0.15) is 0 Å². The van der Waals surface area contributed by atoms with Crippen molar-refractivity contribution in [2.75, 3.05) is 6.61 Å². The summed E-state index contributed by atoms with van der Waals surface area (Å²) in [5, 5.41) is 11.0. The molecule has 0 aliphatic rings. The van der Waals surface area contributed by atoms with E-state index in [-0.39, 0.29) is 17.8 Å². The summed E-state index contributed by atoms with van der Waals surface area (Å²) in [6, 6.07) is 7.86. The van der Waals surface area contributed by atoms with Crippen LogP contribution in [0.5, 0.6) is 0 Å². The van der Waals surface area contributed by atoms with Crippen LogP contribution in [-0.4, -0.2) is 22.1 Å². The number of aryl methyl sites for hydroxylation is 1. The normalized spacial score (nSPS) is 10.4. The molecule has 0 aliphatic heterocycles. The molecule has 0 saturated carbocycles. The van der Waals surface area contributed by atoms with Crippen LogP contribution in [0, 0.1) is 17.0 Å². The topological polar surface area (TPSA) is 91.4 Å². The molecule has 2 rings (SSSR count). The van der Waals surface area contributed by atoms with Crippen molar-refractivity contribution in [2.24, 2.45) is 0 Å². The molecule has 1 aromatic carbocycles. The van der Waals surface area contributed by atoms with Crippen LogP contribution in [0.2, 0.25) is 0 Å². The number of hydrogen-bond donors (Lipinski definition) is 0. The van der Waals surface area contributed by atoms with Crippen LogP contribution in [0.15, 0.2) is 41.3 Å². The lowest BCUT2D eigenvalue weighted by Crippen LogP contribution is -2.20. The van der Waals surface area contributed by atoms with Crippen LogP contribution in [0.1, 0.15) is 34.8 Å². The molecule has 0 amide bonds. The second-order valence-corrected chi connectivity index (χ2v) is 5.40. The highest BCUT2D eigenvalue weighted by molar-refractivity contribution is 5.89. The standard InChI is InChI=1S/C17H18N2O5/c1-3-8-24-17(21)14-6-4-13(5-7-14)10-18-11-15(19(22)23)12(2)9-16(18)20/h4-7,9,11H,3,8,10H2,1-2H3. The highest BCUT2D eigenvalue weighted by atomic mass is 16.6. The lowest BCUT2D eigenvalue weighted by molar-refractivity contribution is -0.385. The van der Waals surface area contributed by atoms with Gasteiger partial charge in [0.2, 0.25) is 0 Å². The number of nitrogens with zero attached hydrogens (tertiary/aromatic N) is 2. The number of ether oxygens (including phenoxy) is 1. The largest absolute Gasteiger partial charge is 0.462 e. The maximum absolute atomic E-state index is 12.0. The van der Waals surface area contributed by atoms with Gasteiger partial charge in [-0.1, -0.05) is 19.1 Å². The molecule has 0 fully saturated rings. The van der Waals surface area contributed by atoms with Crippen molar-refractivity contribution in [3.05, 3.63) is 73.7 Å². The third kappa shape index (κ3) is 4.07. The Morgan fingerprint density at radius 3 is 2.54 bits per heavy atom. The first kappa shape index (κ1) is 17.4. The van der Waals surface area contributed by atoms with Crippen LogP contribution in [0.3, 0.4) is 0 Å². The van der Waals surface area contributed by atoms with Gasteiger partial charge < -0.3 is 9.30 Å². The fourth-order valence-corrected chi connectivity index (χ4v) is 2.19. The van der Waals surface area contributed by atoms with E-state index in [2.05, 4.69) is 0 Å². The van der Waals surface area contributed by atoms with Gasteiger partial charge in [0.25, 0.3) is 11.2 Å². The maximum atomic E-state index is 12.0. The molecule has 0 bridgehead atoms. The SMILES string of the molecule is CCCOC(=O)c1ccc(Cn2cc([N+](=O)[O-])c(C)cc2=O)cc1. The van der Waals surface area contributed by atoms with E-state index in [4.69, 9.17) is 4.74 Å². The molecule has 0 aliphatic carbocycles. The zero-order valence-corrected chi connectivity index (χ0v) is 13.5. The minimum absolute atomic E-state index is 0.102. The third-order valence-corrected chi connectivity index (χ3v) is 3.48. The monoisotopic (exact) mass is 330 g/mol. The molecule has 0 atom stereocenters. The summed E-state index contributed by atoms with van der Waals surface area (Å²) in [4.78, 5) is 34.2. The van der Waals surface area contributed by atoms with Crippen LogP contribution in [-0.2, 0) is 11.3 Å². The summed E-state index contributed by atoms with van der Waals surface area (Å²) in [7, 11) is 0. The quantitative estimate of drug-likeness (QED) is 0.461. The van der Waals surface area contributed by atoms with Crippen molar-refractivity contribution in [3.8, 4) is 0 Å². The molecule has 24 heavy (non-hydrogen) atoms. The average molecular weight is 330 g/mol. The van der Waals surface area contributed by atoms with E-state index in [1.807, 2.05) is 6.92 Å². The van der Waals surface area contributed by atoms with E-state index in [1.165, 1.54) is 23.8 Å². The van der Waals surface area contributed by atoms with Crippen LogP contribution < -0.4 is 5.56 Å². The van der Waals surface area contributed by atoms with Gasteiger partial charge in [0.05, 0.1) is 29.8 Å². The van der Waals surface area contributed by atoms with Crippen molar-refractivity contribution < 1.29 is 14.5 Å². The van der Waals surface area contributed by atoms with Crippen LogP contribution >= 0.6 is 0 Å². The van der Waals surface area contributed by atoms with Gasteiger partial charge in [-0.25, -0.2) is 4.79 Å². The number of nitro groups is 1. The summed E-state index contributed by atoms with van der Waals surface area (Å²) in [5.74, 6) is -0.397. The first-order chi connectivity index (χ1) is 11.4.